The second-order valence-electron chi connectivity index (χ2n) is 7.30. The Morgan fingerprint density at radius 1 is 1.26 bits per heavy atom. The highest BCUT2D eigenvalue weighted by molar-refractivity contribution is 5.99. The smallest absolute Gasteiger partial charge is 0.395 e. The summed E-state index contributed by atoms with van der Waals surface area (Å²) in [6.07, 6.45) is -3.20. The molecule has 5 rings (SSSR count). The Kier molecular flexibility index (Phi) is 4.18. The van der Waals surface area contributed by atoms with E-state index in [1.807, 2.05) is 11.8 Å². The zero-order valence-corrected chi connectivity index (χ0v) is 16.5. The zero-order chi connectivity index (χ0) is 21.9. The van der Waals surface area contributed by atoms with E-state index >= 15 is 0 Å². The molecule has 162 valence electrons. The van der Waals surface area contributed by atoms with Crippen LogP contribution >= 0.6 is 0 Å². The first-order chi connectivity index (χ1) is 14.8. The van der Waals surface area contributed by atoms with Gasteiger partial charge >= 0.3 is 6.29 Å². The van der Waals surface area contributed by atoms with Crippen molar-refractivity contribution in [3.05, 3.63) is 18.0 Å². The Hall–Kier alpha value is -3.61. The third-order valence-corrected chi connectivity index (χ3v) is 5.25. The van der Waals surface area contributed by atoms with Crippen LogP contribution in [0.25, 0.3) is 16.6 Å². The first-order valence-corrected chi connectivity index (χ1v) is 9.64. The molecular formula is C18H19F2N9O2. The molecule has 0 aliphatic carbocycles. The molecule has 31 heavy (non-hydrogen) atoms. The topological polar surface area (TPSA) is 142 Å². The lowest BCUT2D eigenvalue weighted by atomic mass is 10.2. The van der Waals surface area contributed by atoms with Crippen LogP contribution < -0.4 is 15.2 Å². The molecule has 0 spiro atoms. The van der Waals surface area contributed by atoms with Crippen molar-refractivity contribution in [1.29, 1.82) is 10.8 Å². The molecule has 3 aromatic rings. The maximum atomic E-state index is 13.5. The van der Waals surface area contributed by atoms with Crippen molar-refractivity contribution in [2.24, 2.45) is 0 Å². The minimum absolute atomic E-state index is 0.0255. The number of hydrogen-bond acceptors (Lipinski definition) is 9. The molecule has 1 fully saturated rings. The average molecular weight is 431 g/mol. The van der Waals surface area contributed by atoms with Gasteiger partial charge in [0.1, 0.15) is 17.2 Å². The molecule has 1 aromatic carbocycles. The minimum Gasteiger partial charge on any atom is -0.395 e. The third-order valence-electron chi connectivity index (χ3n) is 5.25. The number of nitrogens with one attached hydrogen (secondary N) is 2. The molecular weight excluding hydrogens is 412 g/mol. The van der Waals surface area contributed by atoms with Gasteiger partial charge in [0, 0.05) is 24.9 Å². The first-order valence-electron chi connectivity index (χ1n) is 9.64. The molecule has 0 bridgehead atoms. The van der Waals surface area contributed by atoms with Crippen molar-refractivity contribution in [3.8, 4) is 11.5 Å². The third kappa shape index (κ3) is 3.17. The molecule has 13 heteroatoms. The van der Waals surface area contributed by atoms with Crippen molar-refractivity contribution in [3.63, 3.8) is 0 Å². The molecule has 0 radical (unpaired) electrons. The summed E-state index contributed by atoms with van der Waals surface area (Å²) in [6.45, 7) is 3.80. The van der Waals surface area contributed by atoms with Gasteiger partial charge in [-0.3, -0.25) is 15.7 Å². The Bertz CT molecular complexity index is 1240. The Morgan fingerprint density at radius 3 is 2.81 bits per heavy atom. The maximum absolute atomic E-state index is 13.5. The van der Waals surface area contributed by atoms with Crippen molar-refractivity contribution < 1.29 is 18.3 Å². The van der Waals surface area contributed by atoms with E-state index in [1.54, 1.807) is 11.0 Å². The molecule has 2 aliphatic rings. The fraction of sp³-hybridized carbons (Fsp3) is 0.389. The molecule has 2 aromatic heterocycles. The monoisotopic (exact) mass is 431 g/mol. The van der Waals surface area contributed by atoms with Gasteiger partial charge < -0.3 is 20.1 Å². The highest BCUT2D eigenvalue weighted by Gasteiger charge is 2.45. The predicted molar refractivity (Wildman–Crippen MR) is 107 cm³/mol. The van der Waals surface area contributed by atoms with Gasteiger partial charge in [0.2, 0.25) is 5.95 Å². The van der Waals surface area contributed by atoms with Crippen LogP contribution in [0.15, 0.2) is 12.1 Å². The standard InChI is InChI=1S/C18H19F2N9O2/c1-2-11(21)28-6-5-27(7-12(28)22)8-13-24-16-9-3-4-10-15(31-18(19,20)30-10)14(9)25-17(23)29(16)26-13/h3-4,21-22H,2,5-8H2,1H3,(H2,23,25). The molecule has 2 aliphatic heterocycles. The molecule has 11 nitrogen and oxygen atoms in total. The summed E-state index contributed by atoms with van der Waals surface area (Å²) < 4.78 is 37.4. The van der Waals surface area contributed by atoms with Crippen molar-refractivity contribution in [1.82, 2.24) is 29.4 Å². The van der Waals surface area contributed by atoms with Gasteiger partial charge in [-0.2, -0.15) is 4.52 Å². The summed E-state index contributed by atoms with van der Waals surface area (Å²) in [6, 6.07) is 2.93. The molecule has 4 N–H and O–H groups in total. The molecule has 1 saturated heterocycles. The van der Waals surface area contributed by atoms with Crippen LogP contribution in [-0.2, 0) is 6.54 Å². The van der Waals surface area contributed by atoms with Crippen molar-refractivity contribution in [2.75, 3.05) is 25.4 Å². The number of amidine groups is 2. The van der Waals surface area contributed by atoms with Crippen molar-refractivity contribution >= 4 is 34.2 Å². The number of benzene rings is 1. The summed E-state index contributed by atoms with van der Waals surface area (Å²) >= 11 is 0. The predicted octanol–water partition coefficient (Wildman–Crippen LogP) is 1.66. The number of fused-ring (bicyclic) bond motifs is 5. The lowest BCUT2D eigenvalue weighted by Crippen LogP contribution is -2.51. The fourth-order valence-electron chi connectivity index (χ4n) is 3.78. The molecule has 0 atom stereocenters. The van der Waals surface area contributed by atoms with E-state index < -0.39 is 6.29 Å². The van der Waals surface area contributed by atoms with Gasteiger partial charge in [-0.1, -0.05) is 6.92 Å². The summed E-state index contributed by atoms with van der Waals surface area (Å²) in [7, 11) is 0. The van der Waals surface area contributed by atoms with E-state index in [2.05, 4.69) is 24.5 Å². The lowest BCUT2D eigenvalue weighted by Gasteiger charge is -2.35. The number of nitrogens with two attached hydrogens (primary N) is 1. The highest BCUT2D eigenvalue weighted by Crippen LogP contribution is 2.45. The number of nitrogen functional groups attached to an aromatic ring is 1. The largest absolute Gasteiger partial charge is 0.586 e. The molecule has 4 heterocycles. The van der Waals surface area contributed by atoms with Crippen LogP contribution in [0.2, 0.25) is 0 Å². The number of nitrogens with zero attached hydrogens (tertiary/aromatic N) is 6. The lowest BCUT2D eigenvalue weighted by molar-refractivity contribution is -0.286. The van der Waals surface area contributed by atoms with Crippen LogP contribution in [0.4, 0.5) is 14.7 Å². The quantitative estimate of drug-likeness (QED) is 0.420. The van der Waals surface area contributed by atoms with Gasteiger partial charge in [-0.15, -0.1) is 13.9 Å². The number of ether oxygens (including phenoxy) is 2. The van der Waals surface area contributed by atoms with Crippen LogP contribution in [0.3, 0.4) is 0 Å². The van der Waals surface area contributed by atoms with E-state index in [4.69, 9.17) is 16.6 Å². The number of halogens is 2. The van der Waals surface area contributed by atoms with Gasteiger partial charge in [0.15, 0.2) is 23.0 Å². The van der Waals surface area contributed by atoms with Crippen LogP contribution in [0.1, 0.15) is 19.2 Å². The normalized spacial score (nSPS) is 18.3. The number of aromatic nitrogens is 4. The fourth-order valence-corrected chi connectivity index (χ4v) is 3.78. The molecule has 0 amide bonds. The first kappa shape index (κ1) is 19.4. The summed E-state index contributed by atoms with van der Waals surface area (Å²) in [5.41, 5.74) is 6.49. The van der Waals surface area contributed by atoms with E-state index in [0.29, 0.717) is 61.1 Å². The number of hydrogen-bond donors (Lipinski definition) is 3. The van der Waals surface area contributed by atoms with E-state index in [-0.39, 0.29) is 23.0 Å². The average Bonchev–Trinajstić information content (AvgIpc) is 3.27. The summed E-state index contributed by atoms with van der Waals surface area (Å²) in [4.78, 5) is 12.4. The Labute approximate surface area is 174 Å². The Morgan fingerprint density at radius 2 is 2.06 bits per heavy atom. The number of alkyl halides is 2. The highest BCUT2D eigenvalue weighted by atomic mass is 19.3. The summed E-state index contributed by atoms with van der Waals surface area (Å²) in [5, 5.41) is 21.0. The van der Waals surface area contributed by atoms with Crippen molar-refractivity contribution in [2.45, 2.75) is 26.2 Å². The van der Waals surface area contributed by atoms with Crippen LogP contribution in [-0.4, -0.2) is 67.0 Å². The Balaban J connectivity index is 1.46. The van der Waals surface area contributed by atoms with Gasteiger partial charge in [0.05, 0.1) is 13.1 Å². The van der Waals surface area contributed by atoms with Gasteiger partial charge in [-0.25, -0.2) is 9.97 Å². The second-order valence-corrected chi connectivity index (χ2v) is 7.30. The van der Waals surface area contributed by atoms with E-state index in [9.17, 15) is 8.78 Å². The van der Waals surface area contributed by atoms with Crippen LogP contribution in [0.5, 0.6) is 11.5 Å². The minimum atomic E-state index is -3.77. The molecule has 0 saturated carbocycles. The van der Waals surface area contributed by atoms with E-state index in [0.717, 1.165) is 0 Å². The maximum Gasteiger partial charge on any atom is 0.586 e. The van der Waals surface area contributed by atoms with E-state index in [1.165, 1.54) is 10.6 Å². The SMILES string of the molecule is CCC(=N)N1CCN(Cc2nc3c4ccc5c(c4nc(N)n3n2)OC(F)(F)O5)CC1=N. The molecule has 0 unspecified atom stereocenters. The van der Waals surface area contributed by atoms with Crippen LogP contribution in [0, 0.1) is 10.8 Å². The van der Waals surface area contributed by atoms with Gasteiger partial charge in [-0.05, 0) is 12.1 Å². The number of piperazine rings is 1. The number of rotatable bonds is 3. The van der Waals surface area contributed by atoms with Gasteiger partial charge in [0.25, 0.3) is 0 Å². The summed E-state index contributed by atoms with van der Waals surface area (Å²) in [5.74, 6) is 0.886. The number of anilines is 1. The zero-order valence-electron chi connectivity index (χ0n) is 16.5. The second kappa shape index (κ2) is 6.70.